The number of carbonyl (C=O) groups excluding carboxylic acids is 1. The average Bonchev–Trinajstić information content (AvgIpc) is 3.14. The highest BCUT2D eigenvalue weighted by Gasteiger charge is 2.31. The summed E-state index contributed by atoms with van der Waals surface area (Å²) in [7, 11) is 0. The van der Waals surface area contributed by atoms with Gasteiger partial charge in [-0.15, -0.1) is 0 Å². The molecule has 144 valence electrons. The number of hydrogen-bond acceptors (Lipinski definition) is 3. The quantitative estimate of drug-likeness (QED) is 0.579. The van der Waals surface area contributed by atoms with E-state index in [1.165, 1.54) is 35.5 Å². The number of nitrogens with one attached hydrogen (secondary N) is 1. The number of benzene rings is 2. The molecule has 0 saturated carbocycles. The Kier molecular flexibility index (Phi) is 5.71. The van der Waals surface area contributed by atoms with Gasteiger partial charge in [0.1, 0.15) is 12.7 Å². The topological polar surface area (TPSA) is 59.8 Å². The number of amides is 1. The second-order valence-electron chi connectivity index (χ2n) is 5.56. The van der Waals surface area contributed by atoms with Crippen LogP contribution in [0.25, 0.3) is 11.8 Å². The van der Waals surface area contributed by atoms with Crippen molar-refractivity contribution in [1.29, 1.82) is 0 Å². The van der Waals surface area contributed by atoms with Crippen LogP contribution in [0.1, 0.15) is 11.1 Å². The lowest BCUT2D eigenvalue weighted by molar-refractivity contribution is -0.137. The first kappa shape index (κ1) is 19.9. The highest BCUT2D eigenvalue weighted by Crippen LogP contribution is 2.33. The monoisotopic (exact) mass is 426 g/mol. The third-order valence-corrected chi connectivity index (χ3v) is 4.19. The molecule has 0 bridgehead atoms. The van der Waals surface area contributed by atoms with Crippen LogP contribution in [0.15, 0.2) is 55.1 Å². The molecule has 5 nitrogen and oxygen atoms in total. The van der Waals surface area contributed by atoms with Crippen LogP contribution < -0.4 is 5.32 Å². The molecule has 0 spiro atoms. The zero-order chi connectivity index (χ0) is 20.3. The van der Waals surface area contributed by atoms with Gasteiger partial charge in [-0.25, -0.2) is 9.67 Å². The van der Waals surface area contributed by atoms with E-state index in [1.54, 1.807) is 12.1 Å². The lowest BCUT2D eigenvalue weighted by Crippen LogP contribution is -2.13. The fourth-order valence-electron chi connectivity index (χ4n) is 2.32. The Morgan fingerprint density at radius 2 is 1.93 bits per heavy atom. The Labute approximate surface area is 167 Å². The molecule has 0 aliphatic heterocycles. The smallest absolute Gasteiger partial charge is 0.321 e. The molecule has 0 saturated heterocycles. The van der Waals surface area contributed by atoms with Crippen LogP contribution >= 0.6 is 23.2 Å². The number of hydrogen-bond donors (Lipinski definition) is 1. The predicted molar refractivity (Wildman–Crippen MR) is 100 cm³/mol. The molecule has 0 aliphatic rings. The SMILES string of the molecule is O=C(/C=C/c1ccc(Cl)cc1Cl)Nc1cc(C(F)(F)F)ccc1-n1cncn1. The van der Waals surface area contributed by atoms with E-state index < -0.39 is 17.6 Å². The summed E-state index contributed by atoms with van der Waals surface area (Å²) in [5.74, 6) is -0.647. The second-order valence-corrected chi connectivity index (χ2v) is 6.40. The van der Waals surface area contributed by atoms with Gasteiger partial charge in [0.2, 0.25) is 5.91 Å². The van der Waals surface area contributed by atoms with Gasteiger partial charge in [-0.2, -0.15) is 18.3 Å². The van der Waals surface area contributed by atoms with Crippen LogP contribution in [0.3, 0.4) is 0 Å². The molecule has 1 amide bonds. The molecule has 2 aromatic carbocycles. The van der Waals surface area contributed by atoms with Crippen molar-refractivity contribution in [3.8, 4) is 5.69 Å². The minimum absolute atomic E-state index is 0.0721. The van der Waals surface area contributed by atoms with Crippen LogP contribution in [0.2, 0.25) is 10.0 Å². The number of rotatable bonds is 4. The van der Waals surface area contributed by atoms with Crippen LogP contribution in [0, 0.1) is 0 Å². The zero-order valence-electron chi connectivity index (χ0n) is 13.9. The molecular weight excluding hydrogens is 416 g/mol. The fourth-order valence-corrected chi connectivity index (χ4v) is 2.79. The Morgan fingerprint density at radius 1 is 1.14 bits per heavy atom. The minimum atomic E-state index is -4.56. The largest absolute Gasteiger partial charge is 0.416 e. The Balaban J connectivity index is 1.89. The first-order valence-electron chi connectivity index (χ1n) is 7.74. The first-order valence-corrected chi connectivity index (χ1v) is 8.50. The van der Waals surface area contributed by atoms with Gasteiger partial charge in [0.15, 0.2) is 0 Å². The maximum atomic E-state index is 13.0. The molecule has 0 unspecified atom stereocenters. The number of aromatic nitrogens is 3. The molecule has 1 N–H and O–H groups in total. The first-order chi connectivity index (χ1) is 13.2. The Hall–Kier alpha value is -2.84. The van der Waals surface area contributed by atoms with Crippen molar-refractivity contribution in [3.05, 3.63) is 76.3 Å². The van der Waals surface area contributed by atoms with Gasteiger partial charge < -0.3 is 5.32 Å². The number of carbonyl (C=O) groups is 1. The molecule has 0 radical (unpaired) electrons. The van der Waals surface area contributed by atoms with Gasteiger partial charge in [-0.05, 0) is 42.0 Å². The summed E-state index contributed by atoms with van der Waals surface area (Å²) in [5, 5.41) is 7.08. The lowest BCUT2D eigenvalue weighted by atomic mass is 10.1. The highest BCUT2D eigenvalue weighted by molar-refractivity contribution is 6.35. The van der Waals surface area contributed by atoms with E-state index in [9.17, 15) is 18.0 Å². The third kappa shape index (κ3) is 4.71. The molecule has 3 aromatic rings. The lowest BCUT2D eigenvalue weighted by Gasteiger charge is -2.13. The van der Waals surface area contributed by atoms with Gasteiger partial charge in [-0.1, -0.05) is 29.3 Å². The summed E-state index contributed by atoms with van der Waals surface area (Å²) >= 11 is 11.8. The summed E-state index contributed by atoms with van der Waals surface area (Å²) in [5.41, 5.74) is -0.216. The molecule has 1 aromatic heterocycles. The summed E-state index contributed by atoms with van der Waals surface area (Å²) < 4.78 is 40.4. The van der Waals surface area contributed by atoms with Gasteiger partial charge in [0.25, 0.3) is 0 Å². The summed E-state index contributed by atoms with van der Waals surface area (Å²) in [6.45, 7) is 0. The standard InChI is InChI=1S/C18H11Cl2F3N4O/c19-13-4-1-11(14(20)8-13)2-6-17(28)26-15-7-12(18(21,22)23)3-5-16(15)27-10-24-9-25-27/h1-10H,(H,26,28)/b6-2+. The summed E-state index contributed by atoms with van der Waals surface area (Å²) in [6.07, 6.45) is 0.553. The zero-order valence-corrected chi connectivity index (χ0v) is 15.4. The van der Waals surface area contributed by atoms with Crippen molar-refractivity contribution in [1.82, 2.24) is 14.8 Å². The van der Waals surface area contributed by atoms with Crippen molar-refractivity contribution < 1.29 is 18.0 Å². The van der Waals surface area contributed by atoms with E-state index >= 15 is 0 Å². The van der Waals surface area contributed by atoms with Crippen LogP contribution in [-0.2, 0) is 11.0 Å². The van der Waals surface area contributed by atoms with Crippen LogP contribution in [0.4, 0.5) is 18.9 Å². The predicted octanol–water partition coefficient (Wildman–Crippen LogP) is 5.24. The van der Waals surface area contributed by atoms with Crippen molar-refractivity contribution in [2.75, 3.05) is 5.32 Å². The number of alkyl halides is 3. The van der Waals surface area contributed by atoms with Crippen molar-refractivity contribution in [2.24, 2.45) is 0 Å². The molecular formula is C18H11Cl2F3N4O. The van der Waals surface area contributed by atoms with Gasteiger partial charge in [-0.3, -0.25) is 4.79 Å². The Morgan fingerprint density at radius 3 is 2.57 bits per heavy atom. The summed E-state index contributed by atoms with van der Waals surface area (Å²) in [6, 6.07) is 7.65. The van der Waals surface area contributed by atoms with Crippen LogP contribution in [-0.4, -0.2) is 20.7 Å². The Bertz CT molecular complexity index is 1030. The molecule has 1 heterocycles. The highest BCUT2D eigenvalue weighted by atomic mass is 35.5. The van der Waals surface area contributed by atoms with Crippen molar-refractivity contribution >= 4 is 40.9 Å². The fraction of sp³-hybridized carbons (Fsp3) is 0.0556. The van der Waals surface area contributed by atoms with E-state index in [4.69, 9.17) is 23.2 Å². The van der Waals surface area contributed by atoms with Crippen molar-refractivity contribution in [2.45, 2.75) is 6.18 Å². The van der Waals surface area contributed by atoms with Gasteiger partial charge in [0, 0.05) is 16.1 Å². The van der Waals surface area contributed by atoms with E-state index in [0.717, 1.165) is 18.2 Å². The van der Waals surface area contributed by atoms with E-state index in [0.29, 0.717) is 15.6 Å². The van der Waals surface area contributed by atoms with E-state index in [1.807, 2.05) is 0 Å². The number of nitrogens with zero attached hydrogens (tertiary/aromatic N) is 3. The van der Waals surface area contributed by atoms with Gasteiger partial charge in [0.05, 0.1) is 16.9 Å². The van der Waals surface area contributed by atoms with E-state index in [2.05, 4.69) is 15.4 Å². The maximum Gasteiger partial charge on any atom is 0.416 e. The molecule has 28 heavy (non-hydrogen) atoms. The normalized spacial score (nSPS) is 11.8. The molecule has 0 atom stereocenters. The third-order valence-electron chi connectivity index (χ3n) is 3.62. The molecule has 0 fully saturated rings. The van der Waals surface area contributed by atoms with Gasteiger partial charge >= 0.3 is 6.18 Å². The summed E-state index contributed by atoms with van der Waals surface area (Å²) in [4.78, 5) is 16.0. The molecule has 3 rings (SSSR count). The van der Waals surface area contributed by atoms with E-state index in [-0.39, 0.29) is 11.4 Å². The van der Waals surface area contributed by atoms with Crippen LogP contribution in [0.5, 0.6) is 0 Å². The average molecular weight is 427 g/mol. The minimum Gasteiger partial charge on any atom is -0.321 e. The number of anilines is 1. The maximum absolute atomic E-state index is 13.0. The second kappa shape index (κ2) is 8.04. The molecule has 0 aliphatic carbocycles. The molecule has 10 heteroatoms. The van der Waals surface area contributed by atoms with Crippen molar-refractivity contribution in [3.63, 3.8) is 0 Å². The number of halogens is 5.